The molecule has 0 aromatic carbocycles. The molecule has 0 saturated heterocycles. The van der Waals surface area contributed by atoms with Gasteiger partial charge in [-0.3, -0.25) is 0 Å². The van der Waals surface area contributed by atoms with E-state index in [4.69, 9.17) is 0 Å². The highest BCUT2D eigenvalue weighted by Gasteiger charge is 2.26. The van der Waals surface area contributed by atoms with E-state index < -0.39 is 0 Å². The van der Waals surface area contributed by atoms with Gasteiger partial charge in [-0.05, 0) is 79.2 Å². The molecule has 19 heavy (non-hydrogen) atoms. The zero-order valence-corrected chi connectivity index (χ0v) is 13.2. The number of nitrogens with zero attached hydrogens (tertiary/aromatic N) is 1. The van der Waals surface area contributed by atoms with Crippen molar-refractivity contribution in [2.24, 2.45) is 0 Å². The van der Waals surface area contributed by atoms with Crippen molar-refractivity contribution in [3.63, 3.8) is 0 Å². The number of rotatable bonds is 2. The zero-order valence-electron chi connectivity index (χ0n) is 11.6. The highest BCUT2D eigenvalue weighted by molar-refractivity contribution is 9.10. The maximum absolute atomic E-state index is 3.76. The van der Waals surface area contributed by atoms with Gasteiger partial charge in [-0.15, -0.1) is 0 Å². The van der Waals surface area contributed by atoms with Crippen LogP contribution in [0.25, 0.3) is 5.52 Å². The minimum absolute atomic E-state index is 0.700. The van der Waals surface area contributed by atoms with Gasteiger partial charge in [0.15, 0.2) is 0 Å². The molecule has 0 radical (unpaired) electrons. The number of hydrogen-bond donors (Lipinski definition) is 1. The lowest BCUT2D eigenvalue weighted by atomic mass is 9.83. The van der Waals surface area contributed by atoms with Gasteiger partial charge in [0.2, 0.25) is 0 Å². The van der Waals surface area contributed by atoms with Crippen LogP contribution in [0.5, 0.6) is 0 Å². The molecule has 3 rings (SSSR count). The van der Waals surface area contributed by atoms with Gasteiger partial charge >= 0.3 is 0 Å². The van der Waals surface area contributed by atoms with Crippen LogP contribution in [0.2, 0.25) is 0 Å². The van der Waals surface area contributed by atoms with E-state index in [0.29, 0.717) is 12.0 Å². The number of fused-ring (bicyclic) bond motifs is 1. The van der Waals surface area contributed by atoms with E-state index in [1.165, 1.54) is 46.9 Å². The predicted molar refractivity (Wildman–Crippen MR) is 83.9 cm³/mol. The van der Waals surface area contributed by atoms with Crippen molar-refractivity contribution < 1.29 is 0 Å². The normalized spacial score (nSPS) is 23.9. The first kappa shape index (κ1) is 13.2. The van der Waals surface area contributed by atoms with Crippen LogP contribution < -0.4 is 5.32 Å². The number of aromatic nitrogens is 1. The molecule has 3 heteroatoms. The maximum atomic E-state index is 3.76. The molecule has 0 spiro atoms. The Balaban J connectivity index is 1.99. The molecule has 0 atom stereocenters. The van der Waals surface area contributed by atoms with Crippen LogP contribution in [0.4, 0.5) is 0 Å². The molecule has 1 N–H and O–H groups in total. The molecular formula is C16H21BrN2. The summed E-state index contributed by atoms with van der Waals surface area (Å²) in [5.74, 6) is 0.700. The van der Waals surface area contributed by atoms with E-state index in [0.717, 1.165) is 0 Å². The molecule has 102 valence electrons. The Morgan fingerprint density at radius 2 is 1.95 bits per heavy atom. The lowest BCUT2D eigenvalue weighted by Crippen LogP contribution is -2.29. The second-order valence-corrected chi connectivity index (χ2v) is 6.41. The molecule has 2 aromatic heterocycles. The average molecular weight is 321 g/mol. The largest absolute Gasteiger partial charge is 0.319 e. The van der Waals surface area contributed by atoms with Gasteiger partial charge in [0.1, 0.15) is 0 Å². The van der Waals surface area contributed by atoms with Crippen molar-refractivity contribution in [2.45, 2.75) is 44.6 Å². The summed E-state index contributed by atoms with van der Waals surface area (Å²) in [5, 5.41) is 3.42. The van der Waals surface area contributed by atoms with Gasteiger partial charge < -0.3 is 9.72 Å². The Morgan fingerprint density at radius 3 is 2.63 bits per heavy atom. The predicted octanol–water partition coefficient (Wildman–Crippen LogP) is 4.26. The Morgan fingerprint density at radius 1 is 1.21 bits per heavy atom. The first-order valence-corrected chi connectivity index (χ1v) is 7.94. The minimum Gasteiger partial charge on any atom is -0.319 e. The lowest BCUT2D eigenvalue weighted by Gasteiger charge is -2.28. The maximum Gasteiger partial charge on any atom is 0.0597 e. The van der Waals surface area contributed by atoms with E-state index in [1.807, 2.05) is 0 Å². The monoisotopic (exact) mass is 320 g/mol. The van der Waals surface area contributed by atoms with Gasteiger partial charge in [0.25, 0.3) is 0 Å². The molecule has 0 amide bonds. The van der Waals surface area contributed by atoms with Crippen molar-refractivity contribution in [3.05, 3.63) is 40.1 Å². The number of halogens is 1. The lowest BCUT2D eigenvalue weighted by molar-refractivity contribution is 0.353. The highest BCUT2D eigenvalue weighted by atomic mass is 79.9. The van der Waals surface area contributed by atoms with Gasteiger partial charge in [0.05, 0.1) is 5.52 Å². The fourth-order valence-electron chi connectivity index (χ4n) is 3.48. The summed E-state index contributed by atoms with van der Waals surface area (Å²) in [4.78, 5) is 0. The second kappa shape index (κ2) is 5.29. The zero-order chi connectivity index (χ0) is 13.4. The third kappa shape index (κ3) is 2.23. The summed E-state index contributed by atoms with van der Waals surface area (Å²) in [6.45, 7) is 2.25. The van der Waals surface area contributed by atoms with Crippen LogP contribution in [0, 0.1) is 6.92 Å². The average Bonchev–Trinajstić information content (AvgIpc) is 2.72. The Hall–Kier alpha value is -0.800. The fraction of sp³-hybridized carbons (Fsp3) is 0.500. The molecule has 2 heterocycles. The Kier molecular flexibility index (Phi) is 3.68. The number of nitrogens with one attached hydrogen (secondary N) is 1. The summed E-state index contributed by atoms with van der Waals surface area (Å²) in [7, 11) is 2.08. The molecule has 0 aliphatic heterocycles. The molecule has 1 fully saturated rings. The number of pyridine rings is 1. The Labute approximate surface area is 123 Å². The fourth-order valence-corrected chi connectivity index (χ4v) is 4.00. The van der Waals surface area contributed by atoms with Crippen LogP contribution in [-0.2, 0) is 0 Å². The summed E-state index contributed by atoms with van der Waals surface area (Å²) in [6, 6.07) is 7.15. The van der Waals surface area contributed by atoms with E-state index >= 15 is 0 Å². The van der Waals surface area contributed by atoms with E-state index in [-0.39, 0.29) is 0 Å². The quantitative estimate of drug-likeness (QED) is 0.874. The summed E-state index contributed by atoms with van der Waals surface area (Å²) < 4.78 is 3.64. The van der Waals surface area contributed by atoms with Crippen molar-refractivity contribution in [1.82, 2.24) is 9.72 Å². The van der Waals surface area contributed by atoms with E-state index in [2.05, 4.69) is 64.0 Å². The second-order valence-electron chi connectivity index (χ2n) is 5.62. The van der Waals surface area contributed by atoms with Crippen molar-refractivity contribution in [2.75, 3.05) is 7.05 Å². The van der Waals surface area contributed by atoms with Gasteiger partial charge in [-0.2, -0.15) is 0 Å². The molecule has 1 aliphatic carbocycles. The molecule has 2 aromatic rings. The SMILES string of the molecule is CNC1CCC(c2c(C)c(Br)c3ccccn23)CC1. The van der Waals surface area contributed by atoms with Crippen LogP contribution in [0.3, 0.4) is 0 Å². The molecule has 2 nitrogen and oxygen atoms in total. The van der Waals surface area contributed by atoms with Crippen LogP contribution in [0.15, 0.2) is 28.9 Å². The topological polar surface area (TPSA) is 16.4 Å². The van der Waals surface area contributed by atoms with Crippen LogP contribution in [0.1, 0.15) is 42.9 Å². The smallest absolute Gasteiger partial charge is 0.0597 e. The summed E-state index contributed by atoms with van der Waals surface area (Å²) in [5.41, 5.74) is 4.22. The standard InChI is InChI=1S/C16H21BrN2/c1-11-15(17)14-5-3-4-10-19(14)16(11)12-6-8-13(18-2)9-7-12/h3-5,10,12-13,18H,6-9H2,1-2H3. The Bertz CT molecular complexity index is 580. The van der Waals surface area contributed by atoms with Gasteiger partial charge in [0, 0.05) is 22.4 Å². The number of hydrogen-bond acceptors (Lipinski definition) is 1. The van der Waals surface area contributed by atoms with Crippen molar-refractivity contribution in [3.8, 4) is 0 Å². The van der Waals surface area contributed by atoms with E-state index in [1.54, 1.807) is 0 Å². The molecular weight excluding hydrogens is 300 g/mol. The molecule has 0 unspecified atom stereocenters. The minimum atomic E-state index is 0.700. The highest BCUT2D eigenvalue weighted by Crippen LogP contribution is 2.39. The first-order chi connectivity index (χ1) is 9.22. The molecule has 1 aliphatic rings. The summed E-state index contributed by atoms with van der Waals surface area (Å²) >= 11 is 3.76. The van der Waals surface area contributed by atoms with Gasteiger partial charge in [-0.25, -0.2) is 0 Å². The first-order valence-electron chi connectivity index (χ1n) is 7.14. The van der Waals surface area contributed by atoms with E-state index in [9.17, 15) is 0 Å². The third-order valence-electron chi connectivity index (χ3n) is 4.58. The van der Waals surface area contributed by atoms with Crippen molar-refractivity contribution in [1.29, 1.82) is 0 Å². The van der Waals surface area contributed by atoms with Gasteiger partial charge in [-0.1, -0.05) is 6.07 Å². The van der Waals surface area contributed by atoms with Crippen molar-refractivity contribution >= 4 is 21.4 Å². The molecule has 0 bridgehead atoms. The molecule has 1 saturated carbocycles. The summed E-state index contributed by atoms with van der Waals surface area (Å²) in [6.07, 6.45) is 7.36. The van der Waals surface area contributed by atoms with Crippen LogP contribution in [-0.4, -0.2) is 17.5 Å². The van der Waals surface area contributed by atoms with Crippen LogP contribution >= 0.6 is 15.9 Å². The third-order valence-corrected chi connectivity index (χ3v) is 5.58.